The summed E-state index contributed by atoms with van der Waals surface area (Å²) in [5.41, 5.74) is -2.13. The van der Waals surface area contributed by atoms with Crippen LogP contribution in [0.4, 0.5) is 4.79 Å². The van der Waals surface area contributed by atoms with E-state index in [4.69, 9.17) is 5.11 Å². The van der Waals surface area contributed by atoms with Gasteiger partial charge in [-0.05, 0) is 13.3 Å². The summed E-state index contributed by atoms with van der Waals surface area (Å²) in [6.07, 6.45) is 1.22. The molecule has 0 spiro atoms. The van der Waals surface area contributed by atoms with Crippen LogP contribution in [-0.4, -0.2) is 51.2 Å². The molecule has 0 aromatic carbocycles. The van der Waals surface area contributed by atoms with Gasteiger partial charge < -0.3 is 15.5 Å². The van der Waals surface area contributed by atoms with Gasteiger partial charge in [0.25, 0.3) is 5.91 Å². The molecular formula is C10H16N2O5. The smallest absolute Gasteiger partial charge is 0.337 e. The van der Waals surface area contributed by atoms with Crippen LogP contribution in [0, 0.1) is 0 Å². The fourth-order valence-electron chi connectivity index (χ4n) is 1.59. The number of carbonyl (C=O) groups is 3. The van der Waals surface area contributed by atoms with Gasteiger partial charge in [-0.15, -0.1) is 0 Å². The van der Waals surface area contributed by atoms with Crippen molar-refractivity contribution in [3.05, 3.63) is 0 Å². The van der Waals surface area contributed by atoms with Crippen molar-refractivity contribution in [2.24, 2.45) is 0 Å². The zero-order chi connectivity index (χ0) is 13.2. The number of imide groups is 1. The number of carbonyl (C=O) groups excluding carboxylic acids is 2. The number of nitrogens with one attached hydrogen (secondary N) is 1. The molecule has 1 saturated heterocycles. The number of hydrogen-bond donors (Lipinski definition) is 3. The minimum Gasteiger partial charge on any atom is -0.479 e. The van der Waals surface area contributed by atoms with Crippen LogP contribution in [0.1, 0.15) is 26.7 Å². The van der Waals surface area contributed by atoms with Gasteiger partial charge in [-0.2, -0.15) is 0 Å². The van der Waals surface area contributed by atoms with Crippen molar-refractivity contribution >= 4 is 17.9 Å². The zero-order valence-electron chi connectivity index (χ0n) is 9.77. The molecule has 0 bridgehead atoms. The van der Waals surface area contributed by atoms with Gasteiger partial charge in [0.2, 0.25) is 0 Å². The van der Waals surface area contributed by atoms with Crippen LogP contribution >= 0.6 is 0 Å². The molecule has 1 heterocycles. The van der Waals surface area contributed by atoms with Crippen molar-refractivity contribution < 1.29 is 24.6 Å². The van der Waals surface area contributed by atoms with E-state index in [1.165, 1.54) is 0 Å². The maximum Gasteiger partial charge on any atom is 0.337 e. The molecule has 3 N–H and O–H groups in total. The Morgan fingerprint density at radius 3 is 2.59 bits per heavy atom. The van der Waals surface area contributed by atoms with E-state index >= 15 is 0 Å². The second kappa shape index (κ2) is 4.70. The van der Waals surface area contributed by atoms with Crippen LogP contribution in [-0.2, 0) is 9.59 Å². The molecule has 0 aliphatic carbocycles. The third-order valence-electron chi connectivity index (χ3n) is 2.61. The molecule has 7 heteroatoms. The Morgan fingerprint density at radius 1 is 1.53 bits per heavy atom. The maximum absolute atomic E-state index is 11.7. The highest BCUT2D eigenvalue weighted by atomic mass is 16.4. The lowest BCUT2D eigenvalue weighted by molar-refractivity contribution is -0.158. The number of hydrogen-bond acceptors (Lipinski definition) is 4. The van der Waals surface area contributed by atoms with Crippen molar-refractivity contribution in [2.45, 2.75) is 38.3 Å². The molecule has 0 aromatic rings. The van der Waals surface area contributed by atoms with Gasteiger partial charge in [-0.25, -0.2) is 9.59 Å². The first kappa shape index (κ1) is 13.4. The molecule has 17 heavy (non-hydrogen) atoms. The first-order chi connectivity index (χ1) is 7.79. The third kappa shape index (κ3) is 2.73. The van der Waals surface area contributed by atoms with Crippen LogP contribution in [0.2, 0.25) is 0 Å². The number of urea groups is 1. The maximum atomic E-state index is 11.7. The van der Waals surface area contributed by atoms with E-state index in [0.717, 1.165) is 18.2 Å². The lowest BCUT2D eigenvalue weighted by Crippen LogP contribution is -2.49. The predicted octanol–water partition coefficient (Wildman–Crippen LogP) is -0.457. The lowest BCUT2D eigenvalue weighted by atomic mass is 10.1. The Labute approximate surface area is 98.4 Å². The van der Waals surface area contributed by atoms with Crippen molar-refractivity contribution in [3.8, 4) is 0 Å². The number of aliphatic hydroxyl groups is 1. The van der Waals surface area contributed by atoms with Crippen LogP contribution in [0.15, 0.2) is 0 Å². The molecule has 1 aliphatic rings. The SMILES string of the molecule is CCCC1NC(=O)N(CC(C)(O)C(=O)O)C1=O. The van der Waals surface area contributed by atoms with Gasteiger partial charge in [0.15, 0.2) is 5.60 Å². The fraction of sp³-hybridized carbons (Fsp3) is 0.700. The van der Waals surface area contributed by atoms with Gasteiger partial charge in [-0.1, -0.05) is 13.3 Å². The van der Waals surface area contributed by atoms with E-state index < -0.39 is 36.1 Å². The third-order valence-corrected chi connectivity index (χ3v) is 2.61. The number of carboxylic acids is 1. The Kier molecular flexibility index (Phi) is 3.72. The molecule has 7 nitrogen and oxygen atoms in total. The number of β-amino-alcohol motifs (C(OH)–C–C–N with tert-alkyl or cyclic N) is 1. The van der Waals surface area contributed by atoms with Crippen molar-refractivity contribution in [3.63, 3.8) is 0 Å². The monoisotopic (exact) mass is 244 g/mol. The van der Waals surface area contributed by atoms with E-state index in [1.807, 2.05) is 6.92 Å². The highest BCUT2D eigenvalue weighted by molar-refractivity contribution is 6.04. The summed E-state index contributed by atoms with van der Waals surface area (Å²) < 4.78 is 0. The number of aliphatic carboxylic acids is 1. The van der Waals surface area contributed by atoms with Gasteiger partial charge in [0, 0.05) is 0 Å². The predicted molar refractivity (Wildman–Crippen MR) is 57.2 cm³/mol. The van der Waals surface area contributed by atoms with Crippen LogP contribution < -0.4 is 5.32 Å². The summed E-state index contributed by atoms with van der Waals surface area (Å²) in [6, 6.07) is -1.27. The van der Waals surface area contributed by atoms with Gasteiger partial charge in [0.05, 0.1) is 6.54 Å². The second-order valence-electron chi connectivity index (χ2n) is 4.29. The number of rotatable bonds is 5. The summed E-state index contributed by atoms with van der Waals surface area (Å²) in [6.45, 7) is 2.37. The molecule has 1 rings (SSSR count). The first-order valence-corrected chi connectivity index (χ1v) is 5.37. The molecule has 3 amide bonds. The van der Waals surface area contributed by atoms with Crippen molar-refractivity contribution in [2.75, 3.05) is 6.54 Å². The highest BCUT2D eigenvalue weighted by Gasteiger charge is 2.43. The average Bonchev–Trinajstić information content (AvgIpc) is 2.46. The first-order valence-electron chi connectivity index (χ1n) is 5.37. The largest absolute Gasteiger partial charge is 0.479 e. The normalized spacial score (nSPS) is 23.5. The van der Waals surface area contributed by atoms with E-state index in [9.17, 15) is 19.5 Å². The quantitative estimate of drug-likeness (QED) is 0.567. The summed E-state index contributed by atoms with van der Waals surface area (Å²) >= 11 is 0. The van der Waals surface area contributed by atoms with Crippen LogP contribution in [0.5, 0.6) is 0 Å². The number of amides is 3. The van der Waals surface area contributed by atoms with Crippen LogP contribution in [0.3, 0.4) is 0 Å². The number of carboxylic acid groups (broad SMARTS) is 1. The standard InChI is InChI=1S/C10H16N2O5/c1-3-4-6-7(13)12(9(16)11-6)5-10(2,17)8(14)15/h6,17H,3-5H2,1-2H3,(H,11,16)(H,14,15). The molecule has 96 valence electrons. The topological polar surface area (TPSA) is 107 Å². The summed E-state index contributed by atoms with van der Waals surface area (Å²) in [5, 5.41) is 20.7. The van der Waals surface area contributed by atoms with Gasteiger partial charge in [-0.3, -0.25) is 9.69 Å². The Morgan fingerprint density at radius 2 is 2.12 bits per heavy atom. The fourth-order valence-corrected chi connectivity index (χ4v) is 1.59. The molecular weight excluding hydrogens is 228 g/mol. The summed E-state index contributed by atoms with van der Waals surface area (Å²) in [4.78, 5) is 34.7. The lowest BCUT2D eigenvalue weighted by Gasteiger charge is -2.22. The van der Waals surface area contributed by atoms with Gasteiger partial charge >= 0.3 is 12.0 Å². The molecule has 2 unspecified atom stereocenters. The Bertz CT molecular complexity index is 353. The molecule has 0 aromatic heterocycles. The second-order valence-corrected chi connectivity index (χ2v) is 4.29. The average molecular weight is 244 g/mol. The van der Waals surface area contributed by atoms with E-state index in [0.29, 0.717) is 6.42 Å². The van der Waals surface area contributed by atoms with Crippen LogP contribution in [0.25, 0.3) is 0 Å². The number of nitrogens with zero attached hydrogens (tertiary/aromatic N) is 1. The highest BCUT2D eigenvalue weighted by Crippen LogP contribution is 2.15. The molecule has 1 aliphatic heterocycles. The van der Waals surface area contributed by atoms with Crippen molar-refractivity contribution in [1.29, 1.82) is 0 Å². The zero-order valence-corrected chi connectivity index (χ0v) is 9.77. The van der Waals surface area contributed by atoms with E-state index in [1.54, 1.807) is 0 Å². The summed E-state index contributed by atoms with van der Waals surface area (Å²) in [5.74, 6) is -1.96. The summed E-state index contributed by atoms with van der Waals surface area (Å²) in [7, 11) is 0. The molecule has 0 radical (unpaired) electrons. The molecule has 1 fully saturated rings. The van der Waals surface area contributed by atoms with E-state index in [-0.39, 0.29) is 0 Å². The minimum absolute atomic E-state index is 0.488. The van der Waals surface area contributed by atoms with Crippen molar-refractivity contribution in [1.82, 2.24) is 10.2 Å². The van der Waals surface area contributed by atoms with Gasteiger partial charge in [0.1, 0.15) is 6.04 Å². The molecule has 2 atom stereocenters. The Balaban J connectivity index is 2.76. The Hall–Kier alpha value is -1.63. The van der Waals surface area contributed by atoms with E-state index in [2.05, 4.69) is 5.32 Å². The molecule has 0 saturated carbocycles. The minimum atomic E-state index is -2.13.